The van der Waals surface area contributed by atoms with E-state index in [1.807, 2.05) is 36.4 Å². The van der Waals surface area contributed by atoms with Crippen LogP contribution in [0.25, 0.3) is 21.9 Å². The number of amides is 1. The molecule has 0 saturated carbocycles. The van der Waals surface area contributed by atoms with Crippen molar-refractivity contribution in [2.75, 3.05) is 33.5 Å². The topological polar surface area (TPSA) is 135 Å². The van der Waals surface area contributed by atoms with Crippen LogP contribution in [0.2, 0.25) is 0 Å². The number of aromatic nitrogens is 1. The van der Waals surface area contributed by atoms with Crippen molar-refractivity contribution in [2.45, 2.75) is 24.6 Å². The van der Waals surface area contributed by atoms with E-state index in [2.05, 4.69) is 0 Å². The number of ether oxygens (including phenoxy) is 1. The molecule has 0 aliphatic carbocycles. The van der Waals surface area contributed by atoms with Gasteiger partial charge in [0.1, 0.15) is 5.25 Å². The zero-order valence-corrected chi connectivity index (χ0v) is 21.8. The highest BCUT2D eigenvalue weighted by Crippen LogP contribution is 2.24. The normalized spacial score (nSPS) is 12.5. The summed E-state index contributed by atoms with van der Waals surface area (Å²) in [5, 5.41) is 8.55. The lowest BCUT2D eigenvalue weighted by Crippen LogP contribution is -2.39. The Kier molecular flexibility index (Phi) is 9.19. The number of benzene rings is 2. The number of fused-ring (bicyclic) bond motifs is 1. The minimum Gasteiger partial charge on any atom is -0.464 e. The Hall–Kier alpha value is -3.54. The van der Waals surface area contributed by atoms with E-state index < -0.39 is 21.0 Å². The largest absolute Gasteiger partial charge is 0.464 e. The number of nitrogens with one attached hydrogen (secondary N) is 1. The maximum Gasteiger partial charge on any atom is 0.320 e. The van der Waals surface area contributed by atoms with Crippen LogP contribution in [-0.4, -0.2) is 73.7 Å². The van der Waals surface area contributed by atoms with Crippen LogP contribution < -0.4 is 11.0 Å². The Morgan fingerprint density at radius 2 is 1.76 bits per heavy atom. The highest BCUT2D eigenvalue weighted by molar-refractivity contribution is 7.92. The molecule has 0 radical (unpaired) electrons. The van der Waals surface area contributed by atoms with Gasteiger partial charge in [0.2, 0.25) is 0 Å². The van der Waals surface area contributed by atoms with Crippen LogP contribution >= 0.6 is 0 Å². The van der Waals surface area contributed by atoms with Gasteiger partial charge in [-0.15, -0.1) is 0 Å². The Bertz CT molecular complexity index is 1430. The monoisotopic (exact) mass is 529 g/mol. The fourth-order valence-electron chi connectivity index (χ4n) is 3.96. The molecule has 0 bridgehead atoms. The van der Waals surface area contributed by atoms with E-state index in [0.717, 1.165) is 28.3 Å². The molecule has 3 aromatic rings. The zero-order chi connectivity index (χ0) is 27.2. The van der Waals surface area contributed by atoms with Crippen molar-refractivity contribution in [1.82, 2.24) is 14.9 Å². The van der Waals surface area contributed by atoms with Gasteiger partial charge >= 0.3 is 5.97 Å². The third kappa shape index (κ3) is 7.48. The first-order valence-corrected chi connectivity index (χ1v) is 13.6. The standard InChI is InChI=1S/C26H31N3O7S/c1-28(2)17-24(30)36-15-12-18-4-6-19(7-5-18)20-8-9-22-21(16-20)10-13-29(26(22)32)14-11-23(25(31)27-33)37(3,34)35/h4-10,13,16,23,33H,11-12,14-15,17H2,1-3H3,(H,27,31)/t23-/m1/s1. The number of sulfone groups is 1. The third-order valence-electron chi connectivity index (χ3n) is 5.91. The average Bonchev–Trinajstić information content (AvgIpc) is 2.84. The summed E-state index contributed by atoms with van der Waals surface area (Å²) in [5.74, 6) is -1.29. The Morgan fingerprint density at radius 1 is 1.08 bits per heavy atom. The molecular weight excluding hydrogens is 498 g/mol. The molecule has 1 amide bonds. The average molecular weight is 530 g/mol. The summed E-state index contributed by atoms with van der Waals surface area (Å²) in [6.07, 6.45) is 2.92. The SMILES string of the molecule is CN(C)CC(=O)OCCc1ccc(-c2ccc3c(=O)n(CC[C@H](C(=O)NO)S(C)(=O)=O)ccc3c2)cc1. The lowest BCUT2D eigenvalue weighted by Gasteiger charge is -2.14. The van der Waals surface area contributed by atoms with E-state index in [0.29, 0.717) is 18.4 Å². The van der Waals surface area contributed by atoms with Crippen LogP contribution in [0.1, 0.15) is 12.0 Å². The minimum absolute atomic E-state index is 0.00635. The zero-order valence-electron chi connectivity index (χ0n) is 21.0. The molecule has 1 heterocycles. The van der Waals surface area contributed by atoms with Crippen molar-refractivity contribution in [1.29, 1.82) is 0 Å². The van der Waals surface area contributed by atoms with Gasteiger partial charge in [-0.05, 0) is 60.8 Å². The summed E-state index contributed by atoms with van der Waals surface area (Å²) >= 11 is 0. The van der Waals surface area contributed by atoms with Crippen LogP contribution in [0.15, 0.2) is 59.5 Å². The fourth-order valence-corrected chi connectivity index (χ4v) is 4.94. The molecule has 0 saturated heterocycles. The van der Waals surface area contributed by atoms with Crippen molar-refractivity contribution < 1.29 is 28.0 Å². The Labute approximate surface area is 215 Å². The highest BCUT2D eigenvalue weighted by atomic mass is 32.2. The van der Waals surface area contributed by atoms with Crippen LogP contribution in [-0.2, 0) is 37.1 Å². The lowest BCUT2D eigenvalue weighted by molar-refractivity contribution is -0.144. The summed E-state index contributed by atoms with van der Waals surface area (Å²) in [7, 11) is -0.154. The van der Waals surface area contributed by atoms with Gasteiger partial charge in [0, 0.05) is 30.8 Å². The molecule has 1 atom stereocenters. The molecule has 0 unspecified atom stereocenters. The van der Waals surface area contributed by atoms with Gasteiger partial charge in [-0.25, -0.2) is 13.9 Å². The number of esters is 1. The van der Waals surface area contributed by atoms with Crippen LogP contribution in [0.3, 0.4) is 0 Å². The quantitative estimate of drug-likeness (QED) is 0.217. The molecule has 1 aromatic heterocycles. The van der Waals surface area contributed by atoms with E-state index in [1.165, 1.54) is 10.0 Å². The van der Waals surface area contributed by atoms with Crippen molar-refractivity contribution >= 4 is 32.5 Å². The summed E-state index contributed by atoms with van der Waals surface area (Å²) in [5.41, 5.74) is 3.98. The Morgan fingerprint density at radius 3 is 2.38 bits per heavy atom. The van der Waals surface area contributed by atoms with Gasteiger partial charge in [0.05, 0.1) is 13.2 Å². The van der Waals surface area contributed by atoms with Crippen molar-refractivity contribution in [2.24, 2.45) is 0 Å². The van der Waals surface area contributed by atoms with Gasteiger partial charge in [0.15, 0.2) is 9.84 Å². The van der Waals surface area contributed by atoms with E-state index >= 15 is 0 Å². The number of carbonyl (C=O) groups excluding carboxylic acids is 2. The van der Waals surface area contributed by atoms with Crippen molar-refractivity contribution in [3.8, 4) is 11.1 Å². The van der Waals surface area contributed by atoms with Crippen molar-refractivity contribution in [3.63, 3.8) is 0 Å². The molecule has 10 nitrogen and oxygen atoms in total. The maximum absolute atomic E-state index is 13.0. The second-order valence-electron chi connectivity index (χ2n) is 9.10. The summed E-state index contributed by atoms with van der Waals surface area (Å²) in [6, 6.07) is 15.1. The van der Waals surface area contributed by atoms with Crippen LogP contribution in [0, 0.1) is 0 Å². The predicted molar refractivity (Wildman–Crippen MR) is 140 cm³/mol. The number of hydrogen-bond donors (Lipinski definition) is 2. The smallest absolute Gasteiger partial charge is 0.320 e. The van der Waals surface area contributed by atoms with Gasteiger partial charge in [-0.3, -0.25) is 24.5 Å². The molecule has 11 heteroatoms. The van der Waals surface area contributed by atoms with Crippen molar-refractivity contribution in [3.05, 3.63) is 70.6 Å². The fraction of sp³-hybridized carbons (Fsp3) is 0.346. The number of nitrogens with zero attached hydrogens (tertiary/aromatic N) is 2. The lowest BCUT2D eigenvalue weighted by atomic mass is 10.0. The molecule has 2 N–H and O–H groups in total. The third-order valence-corrected chi connectivity index (χ3v) is 7.40. The molecule has 37 heavy (non-hydrogen) atoms. The van der Waals surface area contributed by atoms with E-state index in [9.17, 15) is 22.8 Å². The molecule has 0 aliphatic rings. The summed E-state index contributed by atoms with van der Waals surface area (Å²) in [6.45, 7) is 0.547. The van der Waals surface area contributed by atoms with Crippen LogP contribution in [0.5, 0.6) is 0 Å². The molecule has 0 fully saturated rings. The summed E-state index contributed by atoms with van der Waals surface area (Å²) in [4.78, 5) is 38.1. The first-order chi connectivity index (χ1) is 17.5. The van der Waals surface area contributed by atoms with Gasteiger partial charge < -0.3 is 9.30 Å². The van der Waals surface area contributed by atoms with E-state index in [1.54, 1.807) is 37.3 Å². The molecular formula is C26H31N3O7S. The molecule has 0 aliphatic heterocycles. The van der Waals surface area contributed by atoms with Gasteiger partial charge in [-0.2, -0.15) is 0 Å². The number of pyridine rings is 1. The summed E-state index contributed by atoms with van der Waals surface area (Å²) < 4.78 is 30.3. The molecule has 198 valence electrons. The second kappa shape index (κ2) is 12.1. The number of hydroxylamine groups is 1. The Balaban J connectivity index is 1.71. The highest BCUT2D eigenvalue weighted by Gasteiger charge is 2.28. The van der Waals surface area contributed by atoms with Gasteiger partial charge in [-0.1, -0.05) is 30.3 Å². The number of hydrogen-bond acceptors (Lipinski definition) is 8. The van der Waals surface area contributed by atoms with E-state index in [4.69, 9.17) is 9.94 Å². The molecule has 2 aromatic carbocycles. The number of rotatable bonds is 11. The van der Waals surface area contributed by atoms with Gasteiger partial charge in [0.25, 0.3) is 11.5 Å². The maximum atomic E-state index is 13.0. The number of carbonyl (C=O) groups is 2. The predicted octanol–water partition coefficient (Wildman–Crippen LogP) is 1.62. The first-order valence-electron chi connectivity index (χ1n) is 11.7. The minimum atomic E-state index is -3.77. The molecule has 0 spiro atoms. The molecule has 3 rings (SSSR count). The number of aryl methyl sites for hydroxylation is 1. The van der Waals surface area contributed by atoms with E-state index in [-0.39, 0.29) is 31.0 Å². The van der Waals surface area contributed by atoms with Crippen LogP contribution in [0.4, 0.5) is 0 Å². The second-order valence-corrected chi connectivity index (χ2v) is 11.3. The first kappa shape index (κ1) is 28.0. The number of likely N-dealkylation sites (N-methyl/N-ethyl adjacent to an activating group) is 1.